The van der Waals surface area contributed by atoms with Crippen molar-refractivity contribution in [2.45, 2.75) is 19.0 Å². The van der Waals surface area contributed by atoms with Crippen LogP contribution < -0.4 is 11.1 Å². The van der Waals surface area contributed by atoms with Gasteiger partial charge in [-0.3, -0.25) is 0 Å². The number of hydrogen-bond donors (Lipinski definition) is 2. The summed E-state index contributed by atoms with van der Waals surface area (Å²) in [5, 5.41) is 2.78. The van der Waals surface area contributed by atoms with Gasteiger partial charge < -0.3 is 11.1 Å². The van der Waals surface area contributed by atoms with Gasteiger partial charge in [0.05, 0.1) is 11.0 Å². The number of fused-ring (bicyclic) bond motifs is 1. The zero-order valence-electron chi connectivity index (χ0n) is 10.0. The molecule has 0 bridgehead atoms. The van der Waals surface area contributed by atoms with E-state index in [-0.39, 0.29) is 18.8 Å². The molecule has 0 amide bonds. The number of para-hydroxylation sites is 2. The second-order valence-electron chi connectivity index (χ2n) is 4.09. The Morgan fingerprint density at radius 1 is 1.11 bits per heavy atom. The first-order chi connectivity index (χ1) is 8.96. The lowest BCUT2D eigenvalue weighted by Gasteiger charge is -2.10. The Hall–Kier alpha value is -2.05. The first-order valence-electron chi connectivity index (χ1n) is 5.78. The summed E-state index contributed by atoms with van der Waals surface area (Å²) in [6.45, 7) is 0.150. The third-order valence-corrected chi connectivity index (χ3v) is 2.53. The topological polar surface area (TPSA) is 63.8 Å². The molecule has 0 aliphatic rings. The Morgan fingerprint density at radius 3 is 2.37 bits per heavy atom. The molecule has 0 spiro atoms. The van der Waals surface area contributed by atoms with E-state index >= 15 is 0 Å². The number of alkyl halides is 3. The molecule has 1 aromatic carbocycles. The molecule has 0 atom stereocenters. The molecule has 0 radical (unpaired) electrons. The predicted molar refractivity (Wildman–Crippen MR) is 67.7 cm³/mol. The van der Waals surface area contributed by atoms with Gasteiger partial charge in [-0.05, 0) is 18.6 Å². The van der Waals surface area contributed by atoms with Crippen LogP contribution in [0.25, 0.3) is 11.0 Å². The average molecular weight is 270 g/mol. The Kier molecular flexibility index (Phi) is 3.73. The van der Waals surface area contributed by atoms with E-state index in [0.29, 0.717) is 16.9 Å². The zero-order valence-corrected chi connectivity index (χ0v) is 10.0. The molecule has 0 unspecified atom stereocenters. The van der Waals surface area contributed by atoms with Gasteiger partial charge in [-0.15, -0.1) is 0 Å². The van der Waals surface area contributed by atoms with Crippen molar-refractivity contribution in [3.8, 4) is 0 Å². The van der Waals surface area contributed by atoms with E-state index in [9.17, 15) is 13.2 Å². The minimum absolute atomic E-state index is 0.0303. The molecule has 3 N–H and O–H groups in total. The smallest absolute Gasteiger partial charge is 0.381 e. The summed E-state index contributed by atoms with van der Waals surface area (Å²) >= 11 is 0. The van der Waals surface area contributed by atoms with Crippen LogP contribution in [0.15, 0.2) is 24.3 Å². The number of hydrogen-bond acceptors (Lipinski definition) is 4. The maximum Gasteiger partial charge on any atom is 0.389 e. The lowest BCUT2D eigenvalue weighted by molar-refractivity contribution is -0.134. The van der Waals surface area contributed by atoms with E-state index in [2.05, 4.69) is 15.3 Å². The first-order valence-corrected chi connectivity index (χ1v) is 5.78. The molecule has 7 heteroatoms. The van der Waals surface area contributed by atoms with Crippen LogP contribution in [0.1, 0.15) is 12.8 Å². The number of nitrogens with two attached hydrogens (primary N) is 1. The van der Waals surface area contributed by atoms with Crippen LogP contribution in [0.3, 0.4) is 0 Å². The van der Waals surface area contributed by atoms with Crippen LogP contribution in [0.4, 0.5) is 24.8 Å². The Morgan fingerprint density at radius 2 is 1.74 bits per heavy atom. The van der Waals surface area contributed by atoms with E-state index in [1.165, 1.54) is 0 Å². The summed E-state index contributed by atoms with van der Waals surface area (Å²) < 4.78 is 36.0. The summed E-state index contributed by atoms with van der Waals surface area (Å²) in [6.07, 6.45) is -5.00. The van der Waals surface area contributed by atoms with E-state index in [1.54, 1.807) is 18.2 Å². The molecule has 102 valence electrons. The average Bonchev–Trinajstić information content (AvgIpc) is 2.33. The number of nitrogens with zero attached hydrogens (tertiary/aromatic N) is 2. The van der Waals surface area contributed by atoms with Crippen molar-refractivity contribution >= 4 is 22.7 Å². The van der Waals surface area contributed by atoms with Gasteiger partial charge in [0.2, 0.25) is 0 Å². The minimum atomic E-state index is -4.14. The van der Waals surface area contributed by atoms with Crippen LogP contribution in [0, 0.1) is 0 Å². The molecule has 1 heterocycles. The lowest BCUT2D eigenvalue weighted by atomic mass is 10.3. The van der Waals surface area contributed by atoms with Crippen molar-refractivity contribution in [2.75, 3.05) is 17.6 Å². The van der Waals surface area contributed by atoms with Gasteiger partial charge in [-0.1, -0.05) is 12.1 Å². The van der Waals surface area contributed by atoms with Gasteiger partial charge in [0, 0.05) is 13.0 Å². The van der Waals surface area contributed by atoms with Crippen molar-refractivity contribution in [1.29, 1.82) is 0 Å². The fraction of sp³-hybridized carbons (Fsp3) is 0.333. The second-order valence-corrected chi connectivity index (χ2v) is 4.09. The van der Waals surface area contributed by atoms with Crippen LogP contribution in [0.2, 0.25) is 0 Å². The van der Waals surface area contributed by atoms with Crippen LogP contribution in [-0.2, 0) is 0 Å². The van der Waals surface area contributed by atoms with Crippen molar-refractivity contribution < 1.29 is 13.2 Å². The lowest BCUT2D eigenvalue weighted by Crippen LogP contribution is -2.12. The van der Waals surface area contributed by atoms with Crippen molar-refractivity contribution in [3.05, 3.63) is 24.3 Å². The van der Waals surface area contributed by atoms with Crippen molar-refractivity contribution in [3.63, 3.8) is 0 Å². The summed E-state index contributed by atoms with van der Waals surface area (Å²) in [6, 6.07) is 7.16. The molecule has 0 saturated carbocycles. The summed E-state index contributed by atoms with van der Waals surface area (Å²) in [5.41, 5.74) is 7.00. The SMILES string of the molecule is Nc1nc2ccccc2nc1NCCCC(F)(F)F. The Balaban J connectivity index is 2.02. The minimum Gasteiger partial charge on any atom is -0.381 e. The molecular weight excluding hydrogens is 257 g/mol. The van der Waals surface area contributed by atoms with Gasteiger partial charge >= 0.3 is 6.18 Å². The Labute approximate surface area is 107 Å². The van der Waals surface area contributed by atoms with Crippen molar-refractivity contribution in [1.82, 2.24) is 9.97 Å². The quantitative estimate of drug-likeness (QED) is 0.838. The second kappa shape index (κ2) is 5.29. The number of aromatic nitrogens is 2. The summed E-state index contributed by atoms with van der Waals surface area (Å²) in [7, 11) is 0. The highest BCUT2D eigenvalue weighted by Gasteiger charge is 2.25. The highest BCUT2D eigenvalue weighted by atomic mass is 19.4. The van der Waals surface area contributed by atoms with Gasteiger partial charge in [-0.25, -0.2) is 9.97 Å². The number of halogens is 3. The van der Waals surface area contributed by atoms with Crippen LogP contribution in [0.5, 0.6) is 0 Å². The molecule has 0 aliphatic heterocycles. The molecular formula is C12H13F3N4. The molecule has 0 aliphatic carbocycles. The van der Waals surface area contributed by atoms with Gasteiger partial charge in [0.1, 0.15) is 0 Å². The normalized spacial score (nSPS) is 11.7. The summed E-state index contributed by atoms with van der Waals surface area (Å²) in [5.74, 6) is 0.506. The third kappa shape index (κ3) is 3.70. The molecule has 4 nitrogen and oxygen atoms in total. The number of benzene rings is 1. The maximum atomic E-state index is 12.0. The molecule has 2 aromatic rings. The number of nitrogens with one attached hydrogen (secondary N) is 1. The van der Waals surface area contributed by atoms with E-state index in [1.807, 2.05) is 6.07 Å². The predicted octanol–water partition coefficient (Wildman–Crippen LogP) is 2.97. The Bertz CT molecular complexity index is 568. The number of nitrogen functional groups attached to an aromatic ring is 1. The fourth-order valence-electron chi connectivity index (χ4n) is 1.64. The van der Waals surface area contributed by atoms with Gasteiger partial charge in [-0.2, -0.15) is 13.2 Å². The highest BCUT2D eigenvalue weighted by Crippen LogP contribution is 2.22. The van der Waals surface area contributed by atoms with Gasteiger partial charge in [0.15, 0.2) is 11.6 Å². The van der Waals surface area contributed by atoms with E-state index < -0.39 is 12.6 Å². The largest absolute Gasteiger partial charge is 0.389 e. The molecule has 2 rings (SSSR count). The monoisotopic (exact) mass is 270 g/mol. The maximum absolute atomic E-state index is 12.0. The van der Waals surface area contributed by atoms with E-state index in [0.717, 1.165) is 0 Å². The van der Waals surface area contributed by atoms with Crippen LogP contribution >= 0.6 is 0 Å². The van der Waals surface area contributed by atoms with Crippen LogP contribution in [-0.4, -0.2) is 22.7 Å². The number of rotatable bonds is 4. The molecule has 19 heavy (non-hydrogen) atoms. The molecule has 0 fully saturated rings. The summed E-state index contributed by atoms with van der Waals surface area (Å²) in [4.78, 5) is 8.36. The molecule has 0 saturated heterocycles. The third-order valence-electron chi connectivity index (χ3n) is 2.53. The molecule has 1 aromatic heterocycles. The van der Waals surface area contributed by atoms with Crippen molar-refractivity contribution in [2.24, 2.45) is 0 Å². The van der Waals surface area contributed by atoms with Gasteiger partial charge in [0.25, 0.3) is 0 Å². The van der Waals surface area contributed by atoms with E-state index in [4.69, 9.17) is 5.73 Å². The first kappa shape index (κ1) is 13.4. The fourth-order valence-corrected chi connectivity index (χ4v) is 1.64. The zero-order chi connectivity index (χ0) is 13.9. The standard InChI is InChI=1S/C12H13F3N4/c13-12(14,15)6-3-7-17-11-10(16)18-8-4-1-2-5-9(8)19-11/h1-2,4-5H,3,6-7H2,(H2,16,18)(H,17,19). The highest BCUT2D eigenvalue weighted by molar-refractivity contribution is 5.79. The number of anilines is 2.